The van der Waals surface area contributed by atoms with Crippen molar-refractivity contribution < 1.29 is 23.6 Å². The van der Waals surface area contributed by atoms with Gasteiger partial charge in [-0.25, -0.2) is 9.59 Å². The molecule has 0 atom stereocenters. The van der Waals surface area contributed by atoms with Gasteiger partial charge in [-0.2, -0.15) is 15.3 Å². The van der Waals surface area contributed by atoms with Crippen LogP contribution in [0.2, 0.25) is 0 Å². The van der Waals surface area contributed by atoms with Crippen LogP contribution in [0.5, 0.6) is 23.0 Å². The number of pyridine rings is 2. The van der Waals surface area contributed by atoms with Gasteiger partial charge in [0.05, 0.1) is 35.2 Å². The minimum Gasteiger partial charge on any atom is -0.457 e. The summed E-state index contributed by atoms with van der Waals surface area (Å²) in [5.41, 5.74) is 7.81. The van der Waals surface area contributed by atoms with Crippen LogP contribution in [0, 0.1) is 13.8 Å². The summed E-state index contributed by atoms with van der Waals surface area (Å²) in [5.74, 6) is 3.61. The van der Waals surface area contributed by atoms with Gasteiger partial charge in [0.15, 0.2) is 0 Å². The molecule has 6 heterocycles. The highest BCUT2D eigenvalue weighted by Crippen LogP contribution is 2.32. The molecule has 18 heteroatoms. The van der Waals surface area contributed by atoms with Crippen LogP contribution in [0.15, 0.2) is 115 Å². The molecule has 0 fully saturated rings. The van der Waals surface area contributed by atoms with Crippen LogP contribution in [0.3, 0.4) is 0 Å². The molecular weight excluding hydrogens is 851 g/mol. The summed E-state index contributed by atoms with van der Waals surface area (Å²) in [7, 11) is 5.53. The van der Waals surface area contributed by atoms with Gasteiger partial charge in [0, 0.05) is 104 Å². The Morgan fingerprint density at radius 3 is 1.51 bits per heavy atom. The summed E-state index contributed by atoms with van der Waals surface area (Å²) in [4.78, 5) is 33.7. The number of rotatable bonds is 10. The van der Waals surface area contributed by atoms with Crippen molar-refractivity contribution in [2.45, 2.75) is 66.2 Å². The van der Waals surface area contributed by atoms with E-state index in [2.05, 4.69) is 72.5 Å². The van der Waals surface area contributed by atoms with Gasteiger partial charge in [-0.1, -0.05) is 46.7 Å². The number of aryl methyl sites for hydroxylation is 5. The Morgan fingerprint density at radius 1 is 0.597 bits per heavy atom. The third-order valence-corrected chi connectivity index (χ3v) is 10.2. The van der Waals surface area contributed by atoms with E-state index < -0.39 is 6.03 Å². The second-order valence-corrected chi connectivity index (χ2v) is 18.0. The zero-order valence-electron chi connectivity index (χ0n) is 39.5. The van der Waals surface area contributed by atoms with E-state index in [1.807, 2.05) is 97.5 Å². The average Bonchev–Trinajstić information content (AvgIpc) is 4.09. The van der Waals surface area contributed by atoms with Gasteiger partial charge < -0.3 is 24.6 Å². The van der Waals surface area contributed by atoms with Crippen molar-refractivity contribution in [3.63, 3.8) is 0 Å². The molecule has 4 amide bonds. The number of carbonyl (C=O) groups excluding carboxylic acids is 2. The van der Waals surface area contributed by atoms with Crippen LogP contribution in [-0.4, -0.2) is 56.5 Å². The van der Waals surface area contributed by atoms with Crippen molar-refractivity contribution in [2.75, 3.05) is 21.3 Å². The molecule has 0 unspecified atom stereocenters. The second kappa shape index (κ2) is 19.4. The average molecular weight is 906 g/mol. The van der Waals surface area contributed by atoms with Gasteiger partial charge in [0.2, 0.25) is 5.88 Å². The minimum atomic E-state index is -0.421. The molecule has 0 spiro atoms. The number of amides is 4. The molecule has 346 valence electrons. The van der Waals surface area contributed by atoms with Gasteiger partial charge in [0.25, 0.3) is 0 Å². The summed E-state index contributed by atoms with van der Waals surface area (Å²) < 4.78 is 22.4. The highest BCUT2D eigenvalue weighted by Gasteiger charge is 2.21. The van der Waals surface area contributed by atoms with Crippen molar-refractivity contribution in [2.24, 2.45) is 21.1 Å². The topological polar surface area (TPSA) is 206 Å². The molecule has 0 saturated carbocycles. The maximum absolute atomic E-state index is 12.5. The maximum atomic E-state index is 12.5. The molecule has 6 aromatic heterocycles. The fourth-order valence-corrected chi connectivity index (χ4v) is 6.50. The lowest BCUT2D eigenvalue weighted by Crippen LogP contribution is -2.21. The normalized spacial score (nSPS) is 11.3. The second-order valence-electron chi connectivity index (χ2n) is 18.0. The van der Waals surface area contributed by atoms with Crippen molar-refractivity contribution in [1.82, 2.24) is 44.5 Å². The van der Waals surface area contributed by atoms with Gasteiger partial charge in [-0.05, 0) is 73.5 Å². The predicted molar refractivity (Wildman–Crippen MR) is 258 cm³/mol. The van der Waals surface area contributed by atoms with Crippen LogP contribution in [0.1, 0.15) is 64.1 Å². The predicted octanol–water partition coefficient (Wildman–Crippen LogP) is 10.8. The molecule has 18 nitrogen and oxygen atoms in total. The molecule has 8 aromatic rings. The van der Waals surface area contributed by atoms with Crippen molar-refractivity contribution >= 4 is 35.1 Å². The Bertz CT molecular complexity index is 3020. The Hall–Kier alpha value is -8.28. The molecule has 0 radical (unpaired) electrons. The molecule has 0 aliphatic heterocycles. The zero-order valence-corrected chi connectivity index (χ0v) is 39.5. The van der Waals surface area contributed by atoms with Crippen molar-refractivity contribution in [3.05, 3.63) is 132 Å². The lowest BCUT2D eigenvalue weighted by Gasteiger charge is -2.13. The number of carbonyl (C=O) groups is 2. The van der Waals surface area contributed by atoms with Gasteiger partial charge in [0.1, 0.15) is 28.8 Å². The van der Waals surface area contributed by atoms with Gasteiger partial charge >= 0.3 is 12.1 Å². The fraction of sp³-hybridized carbons (Fsp3) is 0.265. The molecule has 2 aromatic carbocycles. The molecule has 0 saturated heterocycles. The molecular formula is C49H55N13O5. The number of ether oxygens (including phenoxy) is 2. The van der Waals surface area contributed by atoms with Crippen LogP contribution >= 0.6 is 0 Å². The summed E-state index contributed by atoms with van der Waals surface area (Å²) in [6, 6.07) is 21.1. The van der Waals surface area contributed by atoms with Crippen LogP contribution in [0.4, 0.5) is 32.7 Å². The summed E-state index contributed by atoms with van der Waals surface area (Å²) >= 11 is 0. The Balaban J connectivity index is 0.000000199. The third kappa shape index (κ3) is 12.3. The monoisotopic (exact) mass is 905 g/mol. The fourth-order valence-electron chi connectivity index (χ4n) is 6.50. The lowest BCUT2D eigenvalue weighted by atomic mass is 9.92. The summed E-state index contributed by atoms with van der Waals surface area (Å²) in [6.07, 6.45) is 10.7. The maximum Gasteiger partial charge on any atom is 0.326 e. The van der Waals surface area contributed by atoms with Gasteiger partial charge in [-0.3, -0.25) is 34.6 Å². The number of hydrogen-bond acceptors (Lipinski definition) is 11. The van der Waals surface area contributed by atoms with Crippen LogP contribution in [0.25, 0.3) is 22.5 Å². The van der Waals surface area contributed by atoms with E-state index in [9.17, 15) is 9.59 Å². The molecule has 4 N–H and O–H groups in total. The van der Waals surface area contributed by atoms with E-state index in [1.165, 1.54) is 0 Å². The van der Waals surface area contributed by atoms with E-state index in [-0.39, 0.29) is 22.7 Å². The zero-order chi connectivity index (χ0) is 48.0. The molecule has 0 bridgehead atoms. The minimum absolute atomic E-state index is 0.103. The van der Waals surface area contributed by atoms with Crippen LogP contribution in [-0.2, 0) is 32.0 Å². The lowest BCUT2D eigenvalue weighted by molar-refractivity contribution is 0.260. The standard InChI is InChI=1S/C25H29N7O2.C24H26N6O3/c1-16-11-18(28-24(33)29-23-13-22(25(2,3)4)30-32(23)6)7-8-21(16)34-19-9-10-26-20(12-19)17-14-27-31(5)15-17;1-15-10-17(27-23(31)28-22-12-21(29-33-22)24(2,3)4)6-7-20(15)32-18-8-9-25-19(11-18)16-13-26-30(5)14-16/h7-15H,1-6H3,(H2,28,29,33);6-14H,1-5H3,(H2,27,28,31). The van der Waals surface area contributed by atoms with E-state index >= 15 is 0 Å². The molecule has 67 heavy (non-hydrogen) atoms. The largest absolute Gasteiger partial charge is 0.457 e. The number of nitrogens with zero attached hydrogens (tertiary/aromatic N) is 9. The quantitative estimate of drug-likeness (QED) is 0.102. The molecule has 0 aliphatic rings. The van der Waals surface area contributed by atoms with Crippen LogP contribution < -0.4 is 30.7 Å². The summed E-state index contributed by atoms with van der Waals surface area (Å²) in [5, 5.41) is 28.0. The number of benzene rings is 2. The third-order valence-electron chi connectivity index (χ3n) is 10.2. The number of hydrogen-bond donors (Lipinski definition) is 4. The number of aromatic nitrogens is 9. The summed E-state index contributed by atoms with van der Waals surface area (Å²) in [6.45, 7) is 16.1. The van der Waals surface area contributed by atoms with E-state index in [0.29, 0.717) is 40.2 Å². The first kappa shape index (κ1) is 46.7. The molecule has 8 rings (SSSR count). The molecule has 0 aliphatic carbocycles. The van der Waals surface area contributed by atoms with Gasteiger partial charge in [-0.15, -0.1) is 0 Å². The van der Waals surface area contributed by atoms with E-state index in [0.717, 1.165) is 45.0 Å². The highest BCUT2D eigenvalue weighted by atomic mass is 16.5. The smallest absolute Gasteiger partial charge is 0.326 e. The SMILES string of the molecule is Cc1cc(NC(=O)Nc2cc(C(C)(C)C)nn2C)ccc1Oc1ccnc(-c2cnn(C)c2)c1.Cc1cc(NC(=O)Nc2cc(C(C)(C)C)no2)ccc1Oc1ccnc(-c2cnn(C)c2)c1. The highest BCUT2D eigenvalue weighted by molar-refractivity contribution is 6.00. The number of urea groups is 2. The Kier molecular flexibility index (Phi) is 13.6. The Morgan fingerprint density at radius 2 is 1.09 bits per heavy atom. The number of nitrogens with one attached hydrogen (secondary N) is 4. The van der Waals surface area contributed by atoms with E-state index in [1.54, 1.807) is 82.3 Å². The number of anilines is 4. The first-order chi connectivity index (χ1) is 31.7. The van der Waals surface area contributed by atoms with Crippen molar-refractivity contribution in [1.29, 1.82) is 0 Å². The van der Waals surface area contributed by atoms with E-state index in [4.69, 9.17) is 14.0 Å². The first-order valence-electron chi connectivity index (χ1n) is 21.4. The first-order valence-corrected chi connectivity index (χ1v) is 21.4. The van der Waals surface area contributed by atoms with Crippen molar-refractivity contribution in [3.8, 4) is 45.5 Å². The Labute approximate surface area is 388 Å².